The van der Waals surface area contributed by atoms with E-state index in [0.29, 0.717) is 11.9 Å². The number of aryl methyl sites for hydroxylation is 1. The Hall–Kier alpha value is -1.10. The lowest BCUT2D eigenvalue weighted by Crippen LogP contribution is -2.30. The summed E-state index contributed by atoms with van der Waals surface area (Å²) in [7, 11) is 1.96. The van der Waals surface area contributed by atoms with Gasteiger partial charge in [0.05, 0.1) is 10.9 Å². The Bertz CT molecular complexity index is 693. The van der Waals surface area contributed by atoms with Gasteiger partial charge in [0.25, 0.3) is 5.56 Å². The maximum absolute atomic E-state index is 12.8. The number of hydrogen-bond donors (Lipinski definition) is 1. The molecular formula is C18H29Cl2N3O. The fourth-order valence-electron chi connectivity index (χ4n) is 2.63. The van der Waals surface area contributed by atoms with E-state index < -0.39 is 0 Å². The van der Waals surface area contributed by atoms with Gasteiger partial charge in [-0.15, -0.1) is 24.8 Å². The van der Waals surface area contributed by atoms with E-state index in [0.717, 1.165) is 37.1 Å². The number of para-hydroxylation sites is 1. The summed E-state index contributed by atoms with van der Waals surface area (Å²) >= 11 is 0. The first-order chi connectivity index (χ1) is 10.4. The maximum Gasteiger partial charge on any atom is 0.261 e. The molecule has 0 amide bonds. The molecule has 0 bridgehead atoms. The van der Waals surface area contributed by atoms with Crippen LogP contribution in [0.4, 0.5) is 0 Å². The molecule has 136 valence electrons. The fourth-order valence-corrected chi connectivity index (χ4v) is 2.63. The molecule has 0 spiro atoms. The number of nitrogens with one attached hydrogen (secondary N) is 1. The van der Waals surface area contributed by atoms with Crippen molar-refractivity contribution in [2.75, 3.05) is 13.6 Å². The first kappa shape index (κ1) is 22.9. The lowest BCUT2D eigenvalue weighted by atomic mass is 9.96. The molecule has 0 radical (unpaired) electrons. The number of halogens is 2. The van der Waals surface area contributed by atoms with Gasteiger partial charge in [-0.2, -0.15) is 0 Å². The SMILES string of the molecule is CNCCCCc1nc2ccccc2c(=O)n1CC(C)(C)C.Cl.Cl. The highest BCUT2D eigenvalue weighted by Crippen LogP contribution is 2.18. The molecule has 6 heteroatoms. The predicted molar refractivity (Wildman–Crippen MR) is 107 cm³/mol. The first-order valence-corrected chi connectivity index (χ1v) is 8.05. The van der Waals surface area contributed by atoms with Gasteiger partial charge < -0.3 is 5.32 Å². The summed E-state index contributed by atoms with van der Waals surface area (Å²) in [5, 5.41) is 3.87. The molecule has 0 saturated heterocycles. The lowest BCUT2D eigenvalue weighted by molar-refractivity contribution is 0.330. The van der Waals surface area contributed by atoms with E-state index in [1.54, 1.807) is 0 Å². The van der Waals surface area contributed by atoms with Crippen molar-refractivity contribution in [3.05, 3.63) is 40.4 Å². The van der Waals surface area contributed by atoms with Crippen LogP contribution in [0.2, 0.25) is 0 Å². The van der Waals surface area contributed by atoms with E-state index in [-0.39, 0.29) is 35.8 Å². The molecule has 0 saturated carbocycles. The van der Waals surface area contributed by atoms with E-state index in [4.69, 9.17) is 4.98 Å². The average molecular weight is 374 g/mol. The van der Waals surface area contributed by atoms with Gasteiger partial charge >= 0.3 is 0 Å². The van der Waals surface area contributed by atoms with Crippen molar-refractivity contribution in [2.45, 2.75) is 46.6 Å². The zero-order valence-corrected chi connectivity index (χ0v) is 16.6. The van der Waals surface area contributed by atoms with Crippen molar-refractivity contribution in [2.24, 2.45) is 5.41 Å². The molecule has 2 rings (SSSR count). The van der Waals surface area contributed by atoms with Gasteiger partial charge in [-0.1, -0.05) is 32.9 Å². The van der Waals surface area contributed by atoms with Gasteiger partial charge in [-0.25, -0.2) is 4.98 Å². The molecule has 0 atom stereocenters. The fraction of sp³-hybridized carbons (Fsp3) is 0.556. The average Bonchev–Trinajstić information content (AvgIpc) is 2.46. The third kappa shape index (κ3) is 6.08. The van der Waals surface area contributed by atoms with Crippen molar-refractivity contribution < 1.29 is 0 Å². The summed E-state index contributed by atoms with van der Waals surface area (Å²) in [4.78, 5) is 17.6. The van der Waals surface area contributed by atoms with Crippen molar-refractivity contribution in [3.63, 3.8) is 0 Å². The Morgan fingerprint density at radius 1 is 1.12 bits per heavy atom. The van der Waals surface area contributed by atoms with Crippen LogP contribution in [0.25, 0.3) is 10.9 Å². The second-order valence-corrected chi connectivity index (χ2v) is 7.06. The van der Waals surface area contributed by atoms with E-state index in [9.17, 15) is 4.79 Å². The number of hydrogen-bond acceptors (Lipinski definition) is 3. The van der Waals surface area contributed by atoms with Crippen molar-refractivity contribution >= 4 is 35.7 Å². The van der Waals surface area contributed by atoms with Gasteiger partial charge in [-0.3, -0.25) is 9.36 Å². The van der Waals surface area contributed by atoms with Crippen LogP contribution >= 0.6 is 24.8 Å². The molecule has 1 N–H and O–H groups in total. The summed E-state index contributed by atoms with van der Waals surface area (Å²) in [5.74, 6) is 0.912. The Morgan fingerprint density at radius 2 is 1.79 bits per heavy atom. The smallest absolute Gasteiger partial charge is 0.261 e. The number of aromatic nitrogens is 2. The molecule has 0 aliphatic heterocycles. The van der Waals surface area contributed by atoms with Gasteiger partial charge in [0.2, 0.25) is 0 Å². The topological polar surface area (TPSA) is 46.9 Å². The largest absolute Gasteiger partial charge is 0.320 e. The molecule has 1 aromatic heterocycles. The summed E-state index contributed by atoms with van der Waals surface area (Å²) in [6.45, 7) is 8.15. The Morgan fingerprint density at radius 3 is 2.42 bits per heavy atom. The van der Waals surface area contributed by atoms with Gasteiger partial charge in [0.1, 0.15) is 5.82 Å². The number of unbranched alkanes of at least 4 members (excludes halogenated alkanes) is 1. The minimum Gasteiger partial charge on any atom is -0.320 e. The second-order valence-electron chi connectivity index (χ2n) is 7.06. The van der Waals surface area contributed by atoms with Crippen LogP contribution in [0.15, 0.2) is 29.1 Å². The monoisotopic (exact) mass is 373 g/mol. The molecule has 1 aromatic carbocycles. The molecule has 1 heterocycles. The van der Waals surface area contributed by atoms with Crippen LogP contribution in [0, 0.1) is 5.41 Å². The van der Waals surface area contributed by atoms with Crippen LogP contribution < -0.4 is 10.9 Å². The number of nitrogens with zero attached hydrogens (tertiary/aromatic N) is 2. The van der Waals surface area contributed by atoms with Crippen LogP contribution in [0.5, 0.6) is 0 Å². The number of benzene rings is 1. The third-order valence-electron chi connectivity index (χ3n) is 3.65. The van der Waals surface area contributed by atoms with Gasteiger partial charge in [-0.05, 0) is 44.0 Å². The van der Waals surface area contributed by atoms with Crippen LogP contribution in [-0.2, 0) is 13.0 Å². The van der Waals surface area contributed by atoms with E-state index in [2.05, 4.69) is 26.1 Å². The van der Waals surface area contributed by atoms with Crippen molar-refractivity contribution in [1.29, 1.82) is 0 Å². The van der Waals surface area contributed by atoms with Crippen molar-refractivity contribution in [3.8, 4) is 0 Å². The molecule has 0 aliphatic rings. The molecule has 4 nitrogen and oxygen atoms in total. The minimum atomic E-state index is 0. The van der Waals surface area contributed by atoms with Crippen LogP contribution in [0.1, 0.15) is 39.4 Å². The highest BCUT2D eigenvalue weighted by atomic mass is 35.5. The predicted octanol–water partition coefficient (Wildman–Crippen LogP) is 3.83. The Kier molecular flexibility index (Phi) is 9.56. The normalized spacial score (nSPS) is 11.0. The first-order valence-electron chi connectivity index (χ1n) is 8.05. The number of fused-ring (bicyclic) bond motifs is 1. The molecule has 0 aliphatic carbocycles. The highest BCUT2D eigenvalue weighted by Gasteiger charge is 2.17. The quantitative estimate of drug-likeness (QED) is 0.782. The molecule has 2 aromatic rings. The summed E-state index contributed by atoms with van der Waals surface area (Å²) in [6.07, 6.45) is 2.97. The summed E-state index contributed by atoms with van der Waals surface area (Å²) in [5.41, 5.74) is 0.943. The standard InChI is InChI=1S/C18H27N3O.2ClH/c1-18(2,3)13-21-16(11-7-8-12-19-4)20-15-10-6-5-9-14(15)17(21)22;;/h5-6,9-10,19H,7-8,11-13H2,1-4H3;2*1H. The lowest BCUT2D eigenvalue weighted by Gasteiger charge is -2.22. The summed E-state index contributed by atoms with van der Waals surface area (Å²) in [6, 6.07) is 7.64. The Labute approximate surface area is 156 Å². The maximum atomic E-state index is 12.8. The molecule has 0 unspecified atom stereocenters. The minimum absolute atomic E-state index is 0. The highest BCUT2D eigenvalue weighted by molar-refractivity contribution is 5.85. The van der Waals surface area contributed by atoms with Crippen LogP contribution in [0.3, 0.4) is 0 Å². The van der Waals surface area contributed by atoms with Gasteiger partial charge in [0.15, 0.2) is 0 Å². The van der Waals surface area contributed by atoms with Crippen molar-refractivity contribution in [1.82, 2.24) is 14.9 Å². The van der Waals surface area contributed by atoms with E-state index in [1.165, 1.54) is 0 Å². The Balaban J connectivity index is 0.00000264. The zero-order chi connectivity index (χ0) is 16.2. The summed E-state index contributed by atoms with van der Waals surface area (Å²) < 4.78 is 1.88. The molecule has 0 fully saturated rings. The zero-order valence-electron chi connectivity index (χ0n) is 15.0. The number of rotatable bonds is 6. The second kappa shape index (κ2) is 10.0. The van der Waals surface area contributed by atoms with E-state index >= 15 is 0 Å². The van der Waals surface area contributed by atoms with Gasteiger partial charge in [0, 0.05) is 13.0 Å². The third-order valence-corrected chi connectivity index (χ3v) is 3.65. The van der Waals surface area contributed by atoms with Crippen LogP contribution in [-0.4, -0.2) is 23.1 Å². The van der Waals surface area contributed by atoms with E-state index in [1.807, 2.05) is 35.9 Å². The molecule has 24 heavy (non-hydrogen) atoms. The molecular weight excluding hydrogens is 345 g/mol.